The Morgan fingerprint density at radius 2 is 1.44 bits per heavy atom. The van der Waals surface area contributed by atoms with Gasteiger partial charge in [-0.2, -0.15) is 0 Å². The van der Waals surface area contributed by atoms with E-state index >= 15 is 0 Å². The summed E-state index contributed by atoms with van der Waals surface area (Å²) in [6.07, 6.45) is 5.05. The Balaban J connectivity index is 1.66. The molecule has 0 bridgehead atoms. The Hall–Kier alpha value is -3.72. The van der Waals surface area contributed by atoms with Gasteiger partial charge in [-0.1, -0.05) is 66.8 Å². The van der Waals surface area contributed by atoms with Crippen LogP contribution in [0.4, 0.5) is 10.1 Å². The number of anilines is 1. The SMILES string of the molecule is Cc1ccc(CN(C(=O)CN(c2ccc(F)cc2)S(=O)(=O)c2ccc(C)cc2)[C@H](C)C(=O)NC2CCCCC2)cc1. The van der Waals surface area contributed by atoms with Gasteiger partial charge < -0.3 is 10.2 Å². The molecule has 1 fully saturated rings. The zero-order valence-corrected chi connectivity index (χ0v) is 24.7. The quantitative estimate of drug-likeness (QED) is 0.344. The summed E-state index contributed by atoms with van der Waals surface area (Å²) >= 11 is 0. The van der Waals surface area contributed by atoms with Gasteiger partial charge in [0.25, 0.3) is 10.0 Å². The molecule has 1 aliphatic carbocycles. The summed E-state index contributed by atoms with van der Waals surface area (Å²) in [6, 6.07) is 18.2. The average molecular weight is 580 g/mol. The number of benzene rings is 3. The molecule has 0 unspecified atom stereocenters. The average Bonchev–Trinajstić information content (AvgIpc) is 2.96. The first-order valence-corrected chi connectivity index (χ1v) is 15.5. The number of carbonyl (C=O) groups excluding carboxylic acids is 2. The van der Waals surface area contributed by atoms with E-state index in [0.29, 0.717) is 0 Å². The predicted molar refractivity (Wildman–Crippen MR) is 158 cm³/mol. The van der Waals surface area contributed by atoms with Crippen LogP contribution in [0.25, 0.3) is 0 Å². The molecule has 1 atom stereocenters. The second-order valence-corrected chi connectivity index (χ2v) is 12.7. The molecule has 7 nitrogen and oxygen atoms in total. The predicted octanol–water partition coefficient (Wildman–Crippen LogP) is 5.50. The van der Waals surface area contributed by atoms with Crippen molar-refractivity contribution in [1.29, 1.82) is 0 Å². The molecule has 9 heteroatoms. The van der Waals surface area contributed by atoms with Gasteiger partial charge in [0.05, 0.1) is 10.6 Å². The summed E-state index contributed by atoms with van der Waals surface area (Å²) < 4.78 is 42.4. The molecule has 2 amide bonds. The Morgan fingerprint density at radius 3 is 2.02 bits per heavy atom. The monoisotopic (exact) mass is 579 g/mol. The third kappa shape index (κ3) is 7.73. The Kier molecular flexibility index (Phi) is 9.81. The molecular formula is C32H38FN3O4S. The van der Waals surface area contributed by atoms with Crippen molar-refractivity contribution >= 4 is 27.5 Å². The standard InChI is InChI=1S/C32H38FN3O4S/c1-23-9-13-26(14-10-23)21-35(25(3)32(38)34-28-7-5-4-6-8-28)31(37)22-36(29-17-15-27(33)16-18-29)41(39,40)30-19-11-24(2)12-20-30/h9-20,25,28H,4-8,21-22H2,1-3H3,(H,34,38)/t25-/m1/s1. The molecule has 0 heterocycles. The Morgan fingerprint density at radius 1 is 0.878 bits per heavy atom. The zero-order chi connectivity index (χ0) is 29.6. The van der Waals surface area contributed by atoms with Gasteiger partial charge >= 0.3 is 0 Å². The zero-order valence-electron chi connectivity index (χ0n) is 23.8. The minimum absolute atomic E-state index is 0.00778. The van der Waals surface area contributed by atoms with E-state index in [1.165, 1.54) is 29.2 Å². The number of rotatable bonds is 10. The molecule has 1 N–H and O–H groups in total. The summed E-state index contributed by atoms with van der Waals surface area (Å²) in [7, 11) is -4.20. The van der Waals surface area contributed by atoms with Gasteiger partial charge in [0.15, 0.2) is 0 Å². The summed E-state index contributed by atoms with van der Waals surface area (Å²) in [5, 5.41) is 3.10. The summed E-state index contributed by atoms with van der Waals surface area (Å²) in [6.45, 7) is 5.04. The number of nitrogens with one attached hydrogen (secondary N) is 1. The lowest BCUT2D eigenvalue weighted by molar-refractivity contribution is -0.139. The van der Waals surface area contributed by atoms with E-state index in [0.717, 1.165) is 65.2 Å². The number of carbonyl (C=O) groups is 2. The number of aryl methyl sites for hydroxylation is 2. The van der Waals surface area contributed by atoms with E-state index in [-0.39, 0.29) is 29.1 Å². The molecule has 1 saturated carbocycles. The molecule has 0 aromatic heterocycles. The minimum atomic E-state index is -4.20. The van der Waals surface area contributed by atoms with Gasteiger partial charge in [0.2, 0.25) is 11.8 Å². The maximum atomic E-state index is 14.0. The molecular weight excluding hydrogens is 541 g/mol. The highest BCUT2D eigenvalue weighted by atomic mass is 32.2. The first-order valence-electron chi connectivity index (χ1n) is 14.0. The van der Waals surface area contributed by atoms with Crippen molar-refractivity contribution < 1.29 is 22.4 Å². The van der Waals surface area contributed by atoms with E-state index in [2.05, 4.69) is 5.32 Å². The highest BCUT2D eigenvalue weighted by Crippen LogP contribution is 2.25. The Bertz CT molecular complexity index is 1440. The fraction of sp³-hybridized carbons (Fsp3) is 0.375. The minimum Gasteiger partial charge on any atom is -0.352 e. The van der Waals surface area contributed by atoms with E-state index < -0.39 is 34.3 Å². The van der Waals surface area contributed by atoms with Gasteiger partial charge in [-0.25, -0.2) is 12.8 Å². The molecule has 0 radical (unpaired) electrons. The number of amides is 2. The number of halogens is 1. The van der Waals surface area contributed by atoms with Crippen LogP contribution in [0.15, 0.2) is 77.7 Å². The highest BCUT2D eigenvalue weighted by molar-refractivity contribution is 7.92. The first kappa shape index (κ1) is 30.2. The maximum absolute atomic E-state index is 14.0. The molecule has 3 aromatic carbocycles. The van der Waals surface area contributed by atoms with E-state index in [1.807, 2.05) is 38.1 Å². The third-order valence-electron chi connectivity index (χ3n) is 7.59. The summed E-state index contributed by atoms with van der Waals surface area (Å²) in [4.78, 5) is 28.8. The molecule has 3 aromatic rings. The molecule has 0 saturated heterocycles. The fourth-order valence-electron chi connectivity index (χ4n) is 5.02. The molecule has 0 spiro atoms. The van der Waals surface area contributed by atoms with Crippen LogP contribution < -0.4 is 9.62 Å². The van der Waals surface area contributed by atoms with Crippen LogP contribution in [0.5, 0.6) is 0 Å². The van der Waals surface area contributed by atoms with Crippen molar-refractivity contribution in [2.45, 2.75) is 76.4 Å². The van der Waals surface area contributed by atoms with Gasteiger partial charge in [-0.3, -0.25) is 13.9 Å². The number of sulfonamides is 1. The smallest absolute Gasteiger partial charge is 0.264 e. The number of hydrogen-bond donors (Lipinski definition) is 1. The highest BCUT2D eigenvalue weighted by Gasteiger charge is 2.33. The van der Waals surface area contributed by atoms with Crippen LogP contribution in [0.1, 0.15) is 55.7 Å². The van der Waals surface area contributed by atoms with Crippen LogP contribution in [-0.2, 0) is 26.2 Å². The van der Waals surface area contributed by atoms with E-state index in [1.54, 1.807) is 19.1 Å². The summed E-state index contributed by atoms with van der Waals surface area (Å²) in [5.74, 6) is -1.34. The van der Waals surface area contributed by atoms with Crippen LogP contribution in [0, 0.1) is 19.7 Å². The lowest BCUT2D eigenvalue weighted by atomic mass is 9.95. The number of hydrogen-bond acceptors (Lipinski definition) is 4. The van der Waals surface area contributed by atoms with Crippen LogP contribution in [-0.4, -0.2) is 43.8 Å². The lowest BCUT2D eigenvalue weighted by Gasteiger charge is -2.33. The van der Waals surface area contributed by atoms with Crippen LogP contribution >= 0.6 is 0 Å². The molecule has 1 aliphatic rings. The van der Waals surface area contributed by atoms with Gasteiger partial charge in [0, 0.05) is 12.6 Å². The van der Waals surface area contributed by atoms with Gasteiger partial charge in [-0.15, -0.1) is 0 Å². The summed E-state index contributed by atoms with van der Waals surface area (Å²) in [5.41, 5.74) is 2.91. The second-order valence-electron chi connectivity index (χ2n) is 10.8. The first-order chi connectivity index (χ1) is 19.5. The Labute approximate surface area is 242 Å². The van der Waals surface area contributed by atoms with Crippen molar-refractivity contribution in [1.82, 2.24) is 10.2 Å². The van der Waals surface area contributed by atoms with Gasteiger partial charge in [0.1, 0.15) is 18.4 Å². The second kappa shape index (κ2) is 13.3. The number of nitrogens with zero attached hydrogens (tertiary/aromatic N) is 2. The van der Waals surface area contributed by atoms with Crippen molar-refractivity contribution in [3.05, 3.63) is 95.3 Å². The molecule has 4 rings (SSSR count). The van der Waals surface area contributed by atoms with E-state index in [9.17, 15) is 22.4 Å². The molecule has 218 valence electrons. The molecule has 0 aliphatic heterocycles. The molecule has 41 heavy (non-hydrogen) atoms. The van der Waals surface area contributed by atoms with Crippen LogP contribution in [0.2, 0.25) is 0 Å². The largest absolute Gasteiger partial charge is 0.352 e. The van der Waals surface area contributed by atoms with Crippen molar-refractivity contribution in [2.24, 2.45) is 0 Å². The van der Waals surface area contributed by atoms with Crippen LogP contribution in [0.3, 0.4) is 0 Å². The third-order valence-corrected chi connectivity index (χ3v) is 9.38. The topological polar surface area (TPSA) is 86.8 Å². The van der Waals surface area contributed by atoms with E-state index in [4.69, 9.17) is 0 Å². The van der Waals surface area contributed by atoms with Crippen molar-refractivity contribution in [3.8, 4) is 0 Å². The fourth-order valence-corrected chi connectivity index (χ4v) is 6.43. The van der Waals surface area contributed by atoms with Crippen molar-refractivity contribution in [3.63, 3.8) is 0 Å². The lowest BCUT2D eigenvalue weighted by Crippen LogP contribution is -2.53. The normalized spacial score (nSPS) is 14.7. The van der Waals surface area contributed by atoms with Crippen molar-refractivity contribution in [2.75, 3.05) is 10.8 Å². The maximum Gasteiger partial charge on any atom is 0.264 e. The van der Waals surface area contributed by atoms with Gasteiger partial charge in [-0.05, 0) is 75.6 Å².